The van der Waals surface area contributed by atoms with E-state index in [9.17, 15) is 8.42 Å². The zero-order valence-electron chi connectivity index (χ0n) is 13.6. The first kappa shape index (κ1) is 17.5. The quantitative estimate of drug-likeness (QED) is 0.783. The van der Waals surface area contributed by atoms with Crippen molar-refractivity contribution >= 4 is 21.6 Å². The summed E-state index contributed by atoms with van der Waals surface area (Å²) in [6.07, 6.45) is 3.79. The van der Waals surface area contributed by atoms with E-state index >= 15 is 0 Å². The Labute approximate surface area is 149 Å². The maximum absolute atomic E-state index is 13.1. The van der Waals surface area contributed by atoms with Crippen molar-refractivity contribution in [2.45, 2.75) is 37.5 Å². The van der Waals surface area contributed by atoms with Crippen LogP contribution in [-0.2, 0) is 15.8 Å². The topological polar surface area (TPSA) is 37.4 Å². The van der Waals surface area contributed by atoms with Gasteiger partial charge in [0.2, 0.25) is 10.0 Å². The highest BCUT2D eigenvalue weighted by Crippen LogP contribution is 2.36. The minimum Gasteiger partial charge on any atom is -0.212 e. The Kier molecular flexibility index (Phi) is 5.59. The lowest BCUT2D eigenvalue weighted by atomic mass is 10.0. The third-order valence-corrected chi connectivity index (χ3v) is 6.71. The molecule has 2 aromatic carbocycles. The van der Waals surface area contributed by atoms with Crippen molar-refractivity contribution in [3.05, 3.63) is 70.7 Å². The van der Waals surface area contributed by atoms with Crippen LogP contribution in [0.15, 0.2) is 54.6 Å². The van der Waals surface area contributed by atoms with Crippen LogP contribution in [0.3, 0.4) is 0 Å². The van der Waals surface area contributed by atoms with Gasteiger partial charge in [-0.2, -0.15) is 4.31 Å². The van der Waals surface area contributed by atoms with E-state index in [1.807, 2.05) is 54.6 Å². The van der Waals surface area contributed by atoms with Crippen LogP contribution >= 0.6 is 11.6 Å². The number of halogens is 1. The zero-order valence-corrected chi connectivity index (χ0v) is 15.1. The van der Waals surface area contributed by atoms with Gasteiger partial charge in [0, 0.05) is 11.6 Å². The first-order chi connectivity index (χ1) is 11.6. The van der Waals surface area contributed by atoms with Gasteiger partial charge in [-0.25, -0.2) is 8.42 Å². The molecule has 0 N–H and O–H groups in total. The summed E-state index contributed by atoms with van der Waals surface area (Å²) in [6, 6.07) is 16.8. The van der Waals surface area contributed by atoms with Crippen molar-refractivity contribution < 1.29 is 8.42 Å². The summed E-state index contributed by atoms with van der Waals surface area (Å²) in [7, 11) is -3.40. The molecule has 1 aliphatic rings. The molecule has 5 heteroatoms. The fraction of sp³-hybridized carbons (Fsp3) is 0.368. The molecule has 0 radical (unpaired) electrons. The number of hydrogen-bond acceptors (Lipinski definition) is 2. The van der Waals surface area contributed by atoms with Crippen LogP contribution in [-0.4, -0.2) is 19.3 Å². The van der Waals surface area contributed by atoms with Gasteiger partial charge in [-0.3, -0.25) is 0 Å². The van der Waals surface area contributed by atoms with Crippen molar-refractivity contribution in [1.82, 2.24) is 4.31 Å². The molecule has 0 saturated carbocycles. The predicted molar refractivity (Wildman–Crippen MR) is 98.4 cm³/mol. The van der Waals surface area contributed by atoms with Gasteiger partial charge in [0.05, 0.1) is 11.8 Å². The van der Waals surface area contributed by atoms with Crippen molar-refractivity contribution in [2.24, 2.45) is 0 Å². The van der Waals surface area contributed by atoms with E-state index in [1.54, 1.807) is 4.31 Å². The molecular formula is C19H22ClNO2S. The van der Waals surface area contributed by atoms with Crippen molar-refractivity contribution in [3.8, 4) is 0 Å². The molecular weight excluding hydrogens is 342 g/mol. The highest BCUT2D eigenvalue weighted by molar-refractivity contribution is 7.88. The maximum atomic E-state index is 13.1. The Balaban J connectivity index is 1.94. The average Bonchev–Trinajstić information content (AvgIpc) is 2.82. The van der Waals surface area contributed by atoms with E-state index < -0.39 is 10.0 Å². The molecule has 0 aromatic heterocycles. The highest BCUT2D eigenvalue weighted by Gasteiger charge is 2.33. The number of benzene rings is 2. The van der Waals surface area contributed by atoms with E-state index in [0.717, 1.165) is 36.8 Å². The minimum absolute atomic E-state index is 0.0365. The Bertz CT molecular complexity index is 777. The minimum atomic E-state index is -3.40. The van der Waals surface area contributed by atoms with Gasteiger partial charge in [0.25, 0.3) is 0 Å². The van der Waals surface area contributed by atoms with Crippen molar-refractivity contribution in [3.63, 3.8) is 0 Å². The summed E-state index contributed by atoms with van der Waals surface area (Å²) in [5, 5.41) is 0.643. The van der Waals surface area contributed by atoms with Crippen LogP contribution in [0.25, 0.3) is 0 Å². The van der Waals surface area contributed by atoms with Crippen LogP contribution in [0.2, 0.25) is 5.02 Å². The fourth-order valence-electron chi connectivity index (χ4n) is 3.34. The normalized spacial score (nSPS) is 19.8. The van der Waals surface area contributed by atoms with E-state index in [4.69, 9.17) is 11.6 Å². The lowest BCUT2D eigenvalue weighted by Gasteiger charge is -2.30. The molecule has 24 heavy (non-hydrogen) atoms. The second kappa shape index (κ2) is 7.68. The number of sulfonamides is 1. The molecule has 2 aromatic rings. The molecule has 1 saturated heterocycles. The van der Waals surface area contributed by atoms with E-state index in [-0.39, 0.29) is 11.8 Å². The van der Waals surface area contributed by atoms with Crippen LogP contribution in [0.4, 0.5) is 0 Å². The van der Waals surface area contributed by atoms with Gasteiger partial charge in [0.1, 0.15) is 0 Å². The Hall–Kier alpha value is -1.36. The number of nitrogens with zero attached hydrogens (tertiary/aromatic N) is 1. The largest absolute Gasteiger partial charge is 0.218 e. The summed E-state index contributed by atoms with van der Waals surface area (Å²) >= 11 is 6.36. The summed E-state index contributed by atoms with van der Waals surface area (Å²) in [6.45, 7) is 0.561. The van der Waals surface area contributed by atoms with Crippen LogP contribution in [0.5, 0.6) is 0 Å². The molecule has 1 aliphatic heterocycles. The van der Waals surface area contributed by atoms with Gasteiger partial charge >= 0.3 is 0 Å². The second-order valence-corrected chi connectivity index (χ2v) is 8.57. The van der Waals surface area contributed by atoms with E-state index in [2.05, 4.69) is 0 Å². The van der Waals surface area contributed by atoms with Crippen LogP contribution < -0.4 is 0 Å². The summed E-state index contributed by atoms with van der Waals surface area (Å²) in [5.41, 5.74) is 1.73. The first-order valence-corrected chi connectivity index (χ1v) is 10.3. The highest BCUT2D eigenvalue weighted by atomic mass is 35.5. The molecule has 0 amide bonds. The first-order valence-electron chi connectivity index (χ1n) is 8.36. The average molecular weight is 364 g/mol. The lowest BCUT2D eigenvalue weighted by Crippen LogP contribution is -2.35. The van der Waals surface area contributed by atoms with Gasteiger partial charge in [0.15, 0.2) is 0 Å². The predicted octanol–water partition coefficient (Wildman–Crippen LogP) is 4.79. The molecule has 0 spiro atoms. The molecule has 128 valence electrons. The maximum Gasteiger partial charge on any atom is 0.218 e. The molecule has 1 fully saturated rings. The van der Waals surface area contributed by atoms with Crippen molar-refractivity contribution in [1.29, 1.82) is 0 Å². The Morgan fingerprint density at radius 1 is 0.958 bits per heavy atom. The SMILES string of the molecule is O=S(=O)(Cc1ccccc1)N1CCCCC[C@@H]1c1ccccc1Cl. The second-order valence-electron chi connectivity index (χ2n) is 6.24. The van der Waals surface area contributed by atoms with Gasteiger partial charge < -0.3 is 0 Å². The monoisotopic (exact) mass is 363 g/mol. The molecule has 0 bridgehead atoms. The standard InChI is InChI=1S/C19H22ClNO2S/c20-18-12-7-6-11-17(18)19-13-5-2-8-14-21(19)24(22,23)15-16-9-3-1-4-10-16/h1,3-4,6-7,9-12,19H,2,5,8,13-15H2/t19-/m1/s1. The Morgan fingerprint density at radius 2 is 1.67 bits per heavy atom. The van der Waals surface area contributed by atoms with Crippen molar-refractivity contribution in [2.75, 3.05) is 6.54 Å². The summed E-state index contributed by atoms with van der Waals surface area (Å²) < 4.78 is 27.8. The number of rotatable bonds is 4. The van der Waals surface area contributed by atoms with Gasteiger partial charge in [-0.05, 0) is 30.0 Å². The van der Waals surface area contributed by atoms with Gasteiger partial charge in [-0.1, -0.05) is 73.0 Å². The molecule has 0 aliphatic carbocycles. The van der Waals surface area contributed by atoms with Crippen LogP contribution in [0.1, 0.15) is 42.9 Å². The van der Waals surface area contributed by atoms with Gasteiger partial charge in [-0.15, -0.1) is 0 Å². The summed E-state index contributed by atoms with van der Waals surface area (Å²) in [4.78, 5) is 0. The summed E-state index contributed by atoms with van der Waals surface area (Å²) in [5.74, 6) is 0.0365. The number of hydrogen-bond donors (Lipinski definition) is 0. The zero-order chi connectivity index (χ0) is 17.0. The lowest BCUT2D eigenvalue weighted by molar-refractivity contribution is 0.328. The third kappa shape index (κ3) is 4.00. The molecule has 1 heterocycles. The molecule has 0 unspecified atom stereocenters. The third-order valence-electron chi connectivity index (χ3n) is 4.52. The smallest absolute Gasteiger partial charge is 0.212 e. The van der Waals surface area contributed by atoms with Crippen LogP contribution in [0, 0.1) is 0 Å². The molecule has 1 atom stereocenters. The van der Waals surface area contributed by atoms with E-state index in [0.29, 0.717) is 11.6 Å². The molecule has 3 rings (SSSR count). The fourth-order valence-corrected chi connectivity index (χ4v) is 5.39. The van der Waals surface area contributed by atoms with E-state index in [1.165, 1.54) is 0 Å². The molecule has 3 nitrogen and oxygen atoms in total. The Morgan fingerprint density at radius 3 is 2.42 bits per heavy atom.